The van der Waals surface area contributed by atoms with Gasteiger partial charge in [0.05, 0.1) is 47.5 Å². The molecule has 3 aliphatic carbocycles. The van der Waals surface area contributed by atoms with Crippen LogP contribution in [0.25, 0.3) is 0 Å². The number of Topliss-reactive ketones (excluding diaryl/α,β-unsaturated/α-hetero) is 1. The number of ether oxygens (including phenoxy) is 1. The lowest BCUT2D eigenvalue weighted by atomic mass is 9.74. The van der Waals surface area contributed by atoms with Crippen molar-refractivity contribution in [2.75, 3.05) is 13.7 Å². The number of carbonyl (C=O) groups is 3. The summed E-state index contributed by atoms with van der Waals surface area (Å²) in [6.07, 6.45) is -2.07. The molecule has 0 saturated heterocycles. The zero-order chi connectivity index (χ0) is 30.8. The summed E-state index contributed by atoms with van der Waals surface area (Å²) in [5.74, 6) is -1.59. The highest BCUT2D eigenvalue weighted by Gasteiger charge is 2.63. The minimum Gasteiger partial charge on any atom is -0.496 e. The van der Waals surface area contributed by atoms with Crippen molar-refractivity contribution < 1.29 is 37.4 Å². The fraction of sp³-hybridized carbons (Fsp3) is 0.600. The molecule has 0 unspecified atom stereocenters. The number of rotatable bonds is 8. The number of ketones is 1. The van der Waals surface area contributed by atoms with Crippen LogP contribution < -0.4 is 4.74 Å². The molecule has 0 bridgehead atoms. The Balaban J connectivity index is 1.48. The summed E-state index contributed by atoms with van der Waals surface area (Å²) in [6, 6.07) is 3.56. The van der Waals surface area contributed by atoms with E-state index in [1.165, 1.54) is 18.1 Å². The predicted octanol–water partition coefficient (Wildman–Crippen LogP) is 6.53. The van der Waals surface area contributed by atoms with E-state index in [4.69, 9.17) is 16.3 Å². The number of amides is 1. The van der Waals surface area contributed by atoms with Gasteiger partial charge in [0.15, 0.2) is 11.5 Å². The number of methoxy groups -OCH3 is 1. The number of carboxylic acid groups (broad SMARTS) is 1. The van der Waals surface area contributed by atoms with E-state index in [9.17, 15) is 32.7 Å². The third-order valence-corrected chi connectivity index (χ3v) is 10.4. The number of aliphatic carboxylic acids is 1. The molecule has 42 heavy (non-hydrogen) atoms. The molecule has 3 atom stereocenters. The number of fused-ring (bicyclic) bond motifs is 1. The zero-order valence-corrected chi connectivity index (χ0v) is 24.8. The number of halogens is 4. The lowest BCUT2D eigenvalue weighted by molar-refractivity contribution is -0.152. The number of nitrogens with zero attached hydrogens (tertiary/aromatic N) is 3. The van der Waals surface area contributed by atoms with Crippen LogP contribution in [0.1, 0.15) is 91.7 Å². The molecule has 228 valence electrons. The third kappa shape index (κ3) is 5.18. The molecule has 1 aromatic carbocycles. The fourth-order valence-electron chi connectivity index (χ4n) is 7.21. The molecule has 3 aliphatic rings. The number of hydrogen-bond donors (Lipinski definition) is 1. The van der Waals surface area contributed by atoms with Gasteiger partial charge in [-0.1, -0.05) is 31.5 Å². The van der Waals surface area contributed by atoms with E-state index in [2.05, 4.69) is 18.9 Å². The summed E-state index contributed by atoms with van der Waals surface area (Å²) in [4.78, 5) is 40.5. The SMILES string of the molecule is COc1cccc(Cl)c1C(=O)CN(C(=O)c1cnn([C@H]2CC[C@](C)(C(=O)O)CC2)c1C(F)(F)F)[C@H]1C[C@@H]2[C@H](C1)C2(C)C. The number of carboxylic acids is 1. The van der Waals surface area contributed by atoms with Crippen molar-refractivity contribution in [1.82, 2.24) is 14.7 Å². The maximum atomic E-state index is 14.6. The Bertz CT molecular complexity index is 1400. The van der Waals surface area contributed by atoms with Crippen molar-refractivity contribution >= 4 is 29.3 Å². The second-order valence-corrected chi connectivity index (χ2v) is 13.2. The Labute approximate surface area is 247 Å². The number of alkyl halides is 3. The third-order valence-electron chi connectivity index (χ3n) is 10.0. The van der Waals surface area contributed by atoms with Gasteiger partial charge in [0.25, 0.3) is 5.91 Å². The largest absolute Gasteiger partial charge is 0.496 e. The van der Waals surface area contributed by atoms with Crippen LogP contribution in [0.4, 0.5) is 13.2 Å². The van der Waals surface area contributed by atoms with E-state index in [1.54, 1.807) is 19.1 Å². The molecule has 8 nitrogen and oxygen atoms in total. The first-order chi connectivity index (χ1) is 19.6. The second kappa shape index (κ2) is 10.6. The van der Waals surface area contributed by atoms with E-state index >= 15 is 0 Å². The smallest absolute Gasteiger partial charge is 0.433 e. The Morgan fingerprint density at radius 2 is 1.76 bits per heavy atom. The molecule has 3 saturated carbocycles. The molecule has 0 radical (unpaired) electrons. The highest BCUT2D eigenvalue weighted by atomic mass is 35.5. The van der Waals surface area contributed by atoms with Crippen molar-refractivity contribution in [1.29, 1.82) is 0 Å². The summed E-state index contributed by atoms with van der Waals surface area (Å²) in [6.45, 7) is 5.39. The first-order valence-electron chi connectivity index (χ1n) is 14.1. The molecule has 5 rings (SSSR count). The number of hydrogen-bond acceptors (Lipinski definition) is 5. The standard InChI is InChI=1S/C30H35ClF3N3O5/c1-28(2)19-12-17(13-20(19)28)36(15-22(38)24-21(31)6-5-7-23(24)42-4)26(39)18-14-35-37(25(18)30(32,33)34)16-8-10-29(3,11-9-16)27(40)41/h5-7,14,16-17,19-20H,8-13,15H2,1-4H3,(H,40,41)/t16-,17-,19+,20-,29-. The van der Waals surface area contributed by atoms with Crippen LogP contribution in [-0.4, -0.2) is 57.1 Å². The second-order valence-electron chi connectivity index (χ2n) is 12.8. The van der Waals surface area contributed by atoms with Crippen LogP contribution in [0, 0.1) is 22.7 Å². The van der Waals surface area contributed by atoms with Gasteiger partial charge in [0, 0.05) is 6.04 Å². The molecule has 2 aromatic rings. The maximum Gasteiger partial charge on any atom is 0.433 e. The molecule has 1 aromatic heterocycles. The van der Waals surface area contributed by atoms with Gasteiger partial charge in [-0.25, -0.2) is 0 Å². The monoisotopic (exact) mass is 609 g/mol. The predicted molar refractivity (Wildman–Crippen MR) is 148 cm³/mol. The van der Waals surface area contributed by atoms with Crippen molar-refractivity contribution in [2.45, 2.75) is 77.6 Å². The van der Waals surface area contributed by atoms with Gasteiger partial charge in [0.1, 0.15) is 5.75 Å². The summed E-state index contributed by atoms with van der Waals surface area (Å²) in [5, 5.41) is 13.7. The van der Waals surface area contributed by atoms with E-state index in [0.29, 0.717) is 24.7 Å². The van der Waals surface area contributed by atoms with Gasteiger partial charge in [0.2, 0.25) is 0 Å². The molecule has 12 heteroatoms. The summed E-state index contributed by atoms with van der Waals surface area (Å²) >= 11 is 6.32. The van der Waals surface area contributed by atoms with Crippen LogP contribution in [0.2, 0.25) is 5.02 Å². The van der Waals surface area contributed by atoms with Crippen LogP contribution in [-0.2, 0) is 11.0 Å². The molecular formula is C30H35ClF3N3O5. The minimum absolute atomic E-state index is 0.0679. The topological polar surface area (TPSA) is 102 Å². The Morgan fingerprint density at radius 1 is 1.14 bits per heavy atom. The highest BCUT2D eigenvalue weighted by Crippen LogP contribution is 2.67. The van der Waals surface area contributed by atoms with Gasteiger partial charge in [-0.05, 0) is 74.8 Å². The van der Waals surface area contributed by atoms with Crippen LogP contribution in [0.3, 0.4) is 0 Å². The number of carbonyl (C=O) groups excluding carboxylic acids is 2. The molecule has 0 aliphatic heterocycles. The number of benzene rings is 1. The first-order valence-corrected chi connectivity index (χ1v) is 14.5. The Hall–Kier alpha value is -3.08. The average molecular weight is 610 g/mol. The van der Waals surface area contributed by atoms with Crippen molar-refractivity contribution in [3.63, 3.8) is 0 Å². The highest BCUT2D eigenvalue weighted by molar-refractivity contribution is 6.34. The lowest BCUT2D eigenvalue weighted by Gasteiger charge is -2.35. The molecule has 3 fully saturated rings. The Morgan fingerprint density at radius 3 is 2.31 bits per heavy atom. The summed E-state index contributed by atoms with van der Waals surface area (Å²) in [5.41, 5.74) is -2.65. The van der Waals surface area contributed by atoms with Crippen molar-refractivity contribution in [3.8, 4) is 5.75 Å². The van der Waals surface area contributed by atoms with Gasteiger partial charge >= 0.3 is 12.1 Å². The maximum absolute atomic E-state index is 14.6. The first kappa shape index (κ1) is 30.4. The number of aromatic nitrogens is 2. The van der Waals surface area contributed by atoms with E-state index < -0.39 is 59.1 Å². The molecule has 1 N–H and O–H groups in total. The van der Waals surface area contributed by atoms with Gasteiger partial charge in [-0.15, -0.1) is 0 Å². The summed E-state index contributed by atoms with van der Waals surface area (Å²) < 4.78 is 49.9. The zero-order valence-electron chi connectivity index (χ0n) is 24.0. The van der Waals surface area contributed by atoms with Crippen molar-refractivity contribution in [2.24, 2.45) is 22.7 Å². The van der Waals surface area contributed by atoms with Gasteiger partial charge in [-0.2, -0.15) is 18.3 Å². The Kier molecular flexibility index (Phi) is 7.65. The minimum atomic E-state index is -4.91. The molecular weight excluding hydrogens is 575 g/mol. The summed E-state index contributed by atoms with van der Waals surface area (Å²) in [7, 11) is 1.38. The fourth-order valence-corrected chi connectivity index (χ4v) is 7.48. The van der Waals surface area contributed by atoms with Gasteiger partial charge < -0.3 is 14.7 Å². The van der Waals surface area contributed by atoms with Crippen LogP contribution in [0.5, 0.6) is 5.75 Å². The van der Waals surface area contributed by atoms with Gasteiger partial charge in [-0.3, -0.25) is 19.1 Å². The van der Waals surface area contributed by atoms with E-state index in [0.717, 1.165) is 10.9 Å². The van der Waals surface area contributed by atoms with Crippen molar-refractivity contribution in [3.05, 3.63) is 46.2 Å². The molecule has 1 heterocycles. The van der Waals surface area contributed by atoms with Crippen LogP contribution in [0.15, 0.2) is 24.4 Å². The van der Waals surface area contributed by atoms with E-state index in [-0.39, 0.29) is 47.4 Å². The van der Waals surface area contributed by atoms with Crippen LogP contribution >= 0.6 is 11.6 Å². The average Bonchev–Trinajstić information content (AvgIpc) is 3.35. The molecule has 0 spiro atoms. The quantitative estimate of drug-likeness (QED) is 0.342. The molecule has 1 amide bonds. The van der Waals surface area contributed by atoms with E-state index in [1.807, 2.05) is 0 Å². The normalized spacial score (nSPS) is 28.2. The lowest BCUT2D eigenvalue weighted by Crippen LogP contribution is -2.44.